The maximum atomic E-state index is 11.0. The number of carbonyl (C=O) groups is 2. The highest BCUT2D eigenvalue weighted by Crippen LogP contribution is 2.27. The van der Waals surface area contributed by atoms with Gasteiger partial charge in [0.25, 0.3) is 0 Å². The molecule has 2 N–H and O–H groups in total. The molecular weight excluding hydrogens is 212 g/mol. The summed E-state index contributed by atoms with van der Waals surface area (Å²) < 4.78 is 0. The van der Waals surface area contributed by atoms with Crippen LogP contribution in [0.2, 0.25) is 0 Å². The first kappa shape index (κ1) is 11.3. The quantitative estimate of drug-likeness (QED) is 0.488. The van der Waals surface area contributed by atoms with E-state index in [2.05, 4.69) is 20.6 Å². The first-order chi connectivity index (χ1) is 7.75. The number of nitrogens with one attached hydrogen (secondary N) is 2. The molecule has 2 saturated carbocycles. The maximum Gasteiger partial charge on any atom is 0.437 e. The van der Waals surface area contributed by atoms with Gasteiger partial charge in [0.05, 0.1) is 0 Å². The molecule has 2 aliphatic carbocycles. The predicted molar refractivity (Wildman–Crippen MR) is 53.6 cm³/mol. The van der Waals surface area contributed by atoms with Crippen LogP contribution in [-0.4, -0.2) is 25.0 Å². The molecule has 0 amide bonds. The molecule has 0 unspecified atom stereocenters. The van der Waals surface area contributed by atoms with E-state index in [1.54, 1.807) is 0 Å². The Labute approximate surface area is 93.6 Å². The molecule has 0 spiro atoms. The van der Waals surface area contributed by atoms with E-state index in [0.29, 0.717) is 24.9 Å². The molecular formula is C10H16N2O4. The Hall–Kier alpha value is -1.14. The zero-order valence-corrected chi connectivity index (χ0v) is 9.03. The molecule has 0 heterocycles. The summed E-state index contributed by atoms with van der Waals surface area (Å²) in [6, 6.07) is 0. The van der Waals surface area contributed by atoms with Crippen LogP contribution in [0, 0.1) is 11.8 Å². The number of rotatable bonds is 6. The highest BCUT2D eigenvalue weighted by Gasteiger charge is 2.25. The van der Waals surface area contributed by atoms with Gasteiger partial charge in [-0.15, -0.1) is 0 Å². The minimum Gasteiger partial charge on any atom is -0.362 e. The average molecular weight is 228 g/mol. The Morgan fingerprint density at radius 1 is 0.875 bits per heavy atom. The van der Waals surface area contributed by atoms with Gasteiger partial charge in [0.15, 0.2) is 0 Å². The van der Waals surface area contributed by atoms with Crippen LogP contribution in [0.1, 0.15) is 25.7 Å². The maximum absolute atomic E-state index is 11.0. The Morgan fingerprint density at radius 2 is 1.25 bits per heavy atom. The highest BCUT2D eigenvalue weighted by molar-refractivity contribution is 6.29. The summed E-state index contributed by atoms with van der Waals surface area (Å²) in [6.07, 6.45) is 4.60. The van der Waals surface area contributed by atoms with Crippen molar-refractivity contribution < 1.29 is 19.3 Å². The number of carbonyl (C=O) groups excluding carboxylic acids is 2. The molecule has 90 valence electrons. The fourth-order valence-electron chi connectivity index (χ4n) is 1.18. The SMILES string of the molecule is O=C(ONCC1CC1)C(=O)ONCC1CC1. The molecule has 0 aromatic rings. The fraction of sp³-hybridized carbons (Fsp3) is 0.800. The van der Waals surface area contributed by atoms with Gasteiger partial charge in [-0.3, -0.25) is 0 Å². The van der Waals surface area contributed by atoms with Gasteiger partial charge < -0.3 is 9.68 Å². The number of hydrogen-bond donors (Lipinski definition) is 2. The van der Waals surface area contributed by atoms with Gasteiger partial charge >= 0.3 is 11.9 Å². The molecule has 6 nitrogen and oxygen atoms in total. The van der Waals surface area contributed by atoms with Gasteiger partial charge in [-0.2, -0.15) is 11.0 Å². The minimum atomic E-state index is -1.01. The summed E-state index contributed by atoms with van der Waals surface area (Å²) in [5.41, 5.74) is 4.92. The summed E-state index contributed by atoms with van der Waals surface area (Å²) in [7, 11) is 0. The second-order valence-corrected chi connectivity index (χ2v) is 4.36. The summed E-state index contributed by atoms with van der Waals surface area (Å²) in [5, 5.41) is 0. The lowest BCUT2D eigenvalue weighted by molar-refractivity contribution is -0.176. The molecule has 0 radical (unpaired) electrons. The summed E-state index contributed by atoms with van der Waals surface area (Å²) in [5.74, 6) is -0.860. The van der Waals surface area contributed by atoms with Crippen molar-refractivity contribution >= 4 is 11.9 Å². The summed E-state index contributed by atoms with van der Waals surface area (Å²) in [4.78, 5) is 31.1. The molecule has 6 heteroatoms. The van der Waals surface area contributed by atoms with Crippen molar-refractivity contribution in [3.05, 3.63) is 0 Å². The lowest BCUT2D eigenvalue weighted by atomic mass is 10.4. The van der Waals surface area contributed by atoms with E-state index < -0.39 is 11.9 Å². The van der Waals surface area contributed by atoms with Crippen LogP contribution in [0.25, 0.3) is 0 Å². The molecule has 0 atom stereocenters. The second kappa shape index (κ2) is 5.27. The van der Waals surface area contributed by atoms with Gasteiger partial charge in [0.1, 0.15) is 0 Å². The molecule has 16 heavy (non-hydrogen) atoms. The average Bonchev–Trinajstić information content (AvgIpc) is 3.12. The zero-order valence-electron chi connectivity index (χ0n) is 9.03. The Balaban J connectivity index is 1.49. The molecule has 0 aromatic heterocycles. The minimum absolute atomic E-state index is 0.580. The van der Waals surface area contributed by atoms with E-state index in [1.165, 1.54) is 0 Å². The Morgan fingerprint density at radius 3 is 1.56 bits per heavy atom. The van der Waals surface area contributed by atoms with Crippen LogP contribution in [0.4, 0.5) is 0 Å². The Kier molecular flexibility index (Phi) is 3.74. The third kappa shape index (κ3) is 4.16. The summed E-state index contributed by atoms with van der Waals surface area (Å²) >= 11 is 0. The van der Waals surface area contributed by atoms with E-state index in [4.69, 9.17) is 0 Å². The van der Waals surface area contributed by atoms with Gasteiger partial charge in [-0.1, -0.05) is 0 Å². The third-order valence-corrected chi connectivity index (χ3v) is 2.63. The van der Waals surface area contributed by atoms with Crippen LogP contribution in [0.15, 0.2) is 0 Å². The fourth-order valence-corrected chi connectivity index (χ4v) is 1.18. The van der Waals surface area contributed by atoms with E-state index in [-0.39, 0.29) is 0 Å². The van der Waals surface area contributed by atoms with Crippen LogP contribution in [-0.2, 0) is 19.3 Å². The van der Waals surface area contributed by atoms with E-state index in [1.807, 2.05) is 0 Å². The monoisotopic (exact) mass is 228 g/mol. The lowest BCUT2D eigenvalue weighted by Crippen LogP contribution is -2.32. The van der Waals surface area contributed by atoms with Gasteiger partial charge in [0, 0.05) is 13.1 Å². The Bertz CT molecular complexity index is 246. The zero-order chi connectivity index (χ0) is 11.4. The summed E-state index contributed by atoms with van der Waals surface area (Å²) in [6.45, 7) is 1.21. The standard InChI is InChI=1S/C10H16N2O4/c13-9(15-11-5-7-1-2-7)10(14)16-12-6-8-3-4-8/h7-8,11-12H,1-6H2. The van der Waals surface area contributed by atoms with E-state index in [0.717, 1.165) is 25.7 Å². The molecule has 0 aromatic carbocycles. The van der Waals surface area contributed by atoms with Crippen molar-refractivity contribution in [2.45, 2.75) is 25.7 Å². The number of hydroxylamine groups is 2. The predicted octanol–water partition coefficient (Wildman–Crippen LogP) is -0.0980. The highest BCUT2D eigenvalue weighted by atomic mass is 16.7. The smallest absolute Gasteiger partial charge is 0.362 e. The number of hydrogen-bond acceptors (Lipinski definition) is 6. The van der Waals surface area contributed by atoms with Gasteiger partial charge in [-0.05, 0) is 37.5 Å². The lowest BCUT2D eigenvalue weighted by Gasteiger charge is -2.05. The van der Waals surface area contributed by atoms with Crippen molar-refractivity contribution in [3.8, 4) is 0 Å². The van der Waals surface area contributed by atoms with Crippen molar-refractivity contribution in [1.82, 2.24) is 11.0 Å². The third-order valence-electron chi connectivity index (χ3n) is 2.63. The van der Waals surface area contributed by atoms with E-state index >= 15 is 0 Å². The van der Waals surface area contributed by atoms with Crippen LogP contribution in [0.3, 0.4) is 0 Å². The van der Waals surface area contributed by atoms with Crippen molar-refractivity contribution in [2.24, 2.45) is 11.8 Å². The van der Waals surface area contributed by atoms with Crippen LogP contribution in [0.5, 0.6) is 0 Å². The topological polar surface area (TPSA) is 76.7 Å². The largest absolute Gasteiger partial charge is 0.437 e. The van der Waals surface area contributed by atoms with Crippen LogP contribution < -0.4 is 11.0 Å². The van der Waals surface area contributed by atoms with Crippen molar-refractivity contribution in [3.63, 3.8) is 0 Å². The van der Waals surface area contributed by atoms with Gasteiger partial charge in [0.2, 0.25) is 0 Å². The molecule has 0 bridgehead atoms. The van der Waals surface area contributed by atoms with Crippen molar-refractivity contribution in [2.75, 3.05) is 13.1 Å². The normalized spacial score (nSPS) is 19.2. The molecule has 2 rings (SSSR count). The molecule has 0 aliphatic heterocycles. The van der Waals surface area contributed by atoms with Gasteiger partial charge in [-0.25, -0.2) is 9.59 Å². The first-order valence-corrected chi connectivity index (χ1v) is 5.63. The molecule has 2 fully saturated rings. The molecule has 0 saturated heterocycles. The van der Waals surface area contributed by atoms with Crippen molar-refractivity contribution in [1.29, 1.82) is 0 Å². The second-order valence-electron chi connectivity index (χ2n) is 4.36. The first-order valence-electron chi connectivity index (χ1n) is 5.63. The van der Waals surface area contributed by atoms with Crippen LogP contribution >= 0.6 is 0 Å². The van der Waals surface area contributed by atoms with E-state index in [9.17, 15) is 9.59 Å². The molecule has 2 aliphatic rings.